The van der Waals surface area contributed by atoms with Crippen LogP contribution in [0, 0.1) is 17.2 Å². The second kappa shape index (κ2) is 6.24. The third-order valence-electron chi connectivity index (χ3n) is 2.72. The lowest BCUT2D eigenvalue weighted by atomic mass is 10.0. The van der Waals surface area contributed by atoms with E-state index in [1.165, 1.54) is 24.0 Å². The molecule has 0 aliphatic heterocycles. The highest BCUT2D eigenvalue weighted by Crippen LogP contribution is 2.15. The summed E-state index contributed by atoms with van der Waals surface area (Å²) in [7, 11) is 1.36. The van der Waals surface area contributed by atoms with Gasteiger partial charge in [0.05, 0.1) is 23.8 Å². The smallest absolute Gasteiger partial charge is 0.245 e. The molecule has 2 heterocycles. The third-order valence-corrected chi connectivity index (χ3v) is 2.92. The Morgan fingerprint density at radius 1 is 1.57 bits per heavy atom. The zero-order valence-corrected chi connectivity index (χ0v) is 11.8. The van der Waals surface area contributed by atoms with Crippen LogP contribution in [-0.4, -0.2) is 28.5 Å². The molecule has 2 rings (SSSR count). The molecule has 2 aromatic heterocycles. The molecule has 7 nitrogen and oxygen atoms in total. The number of nitriles is 1. The van der Waals surface area contributed by atoms with Gasteiger partial charge in [0.15, 0.2) is 11.7 Å². The summed E-state index contributed by atoms with van der Waals surface area (Å²) < 4.78 is 6.89. The highest BCUT2D eigenvalue weighted by Gasteiger charge is 2.29. The summed E-state index contributed by atoms with van der Waals surface area (Å²) >= 11 is 5.74. The first kappa shape index (κ1) is 14.8. The SMILES string of the molecule is CNC(=O)C(C#N)C(=O)c1ccc(Cn2cc(Cl)cn2)o1. The number of ketones is 1. The summed E-state index contributed by atoms with van der Waals surface area (Å²) in [6, 6.07) is 4.67. The zero-order chi connectivity index (χ0) is 15.4. The van der Waals surface area contributed by atoms with Crippen molar-refractivity contribution in [2.45, 2.75) is 6.54 Å². The molecule has 0 saturated carbocycles. The van der Waals surface area contributed by atoms with E-state index in [9.17, 15) is 9.59 Å². The average Bonchev–Trinajstić information content (AvgIpc) is 3.09. The topological polar surface area (TPSA) is 101 Å². The molecule has 21 heavy (non-hydrogen) atoms. The van der Waals surface area contributed by atoms with E-state index in [0.717, 1.165) is 0 Å². The summed E-state index contributed by atoms with van der Waals surface area (Å²) in [5.41, 5.74) is 0. The lowest BCUT2D eigenvalue weighted by Gasteiger charge is -2.04. The van der Waals surface area contributed by atoms with Crippen LogP contribution in [-0.2, 0) is 11.3 Å². The minimum absolute atomic E-state index is 0.0431. The number of nitrogens with one attached hydrogen (secondary N) is 1. The first-order chi connectivity index (χ1) is 10.0. The van der Waals surface area contributed by atoms with Gasteiger partial charge in [0.1, 0.15) is 5.76 Å². The Labute approximate surface area is 125 Å². The number of hydrogen-bond acceptors (Lipinski definition) is 5. The molecule has 8 heteroatoms. The first-order valence-electron chi connectivity index (χ1n) is 5.97. The highest BCUT2D eigenvalue weighted by atomic mass is 35.5. The van der Waals surface area contributed by atoms with Crippen molar-refractivity contribution >= 4 is 23.3 Å². The molecule has 0 fully saturated rings. The fourth-order valence-electron chi connectivity index (χ4n) is 1.70. The first-order valence-corrected chi connectivity index (χ1v) is 6.35. The maximum Gasteiger partial charge on any atom is 0.245 e. The van der Waals surface area contributed by atoms with Gasteiger partial charge in [-0.2, -0.15) is 10.4 Å². The van der Waals surface area contributed by atoms with Gasteiger partial charge in [0, 0.05) is 13.2 Å². The summed E-state index contributed by atoms with van der Waals surface area (Å²) in [5, 5.41) is 15.6. The van der Waals surface area contributed by atoms with Crippen molar-refractivity contribution in [2.75, 3.05) is 7.05 Å². The van der Waals surface area contributed by atoms with Crippen LogP contribution in [0.5, 0.6) is 0 Å². The van der Waals surface area contributed by atoms with Gasteiger partial charge in [-0.1, -0.05) is 11.6 Å². The van der Waals surface area contributed by atoms with Crippen molar-refractivity contribution < 1.29 is 14.0 Å². The normalized spacial score (nSPS) is 11.7. The van der Waals surface area contributed by atoms with Gasteiger partial charge in [0.25, 0.3) is 0 Å². The van der Waals surface area contributed by atoms with Crippen LogP contribution >= 0.6 is 11.6 Å². The minimum Gasteiger partial charge on any atom is -0.456 e. The number of halogens is 1. The number of rotatable bonds is 5. The second-order valence-electron chi connectivity index (χ2n) is 4.16. The number of nitrogens with zero attached hydrogens (tertiary/aromatic N) is 3. The van der Waals surface area contributed by atoms with Gasteiger partial charge >= 0.3 is 0 Å². The Kier molecular flexibility index (Phi) is 4.40. The molecule has 0 aliphatic rings. The number of hydrogen-bond donors (Lipinski definition) is 1. The second-order valence-corrected chi connectivity index (χ2v) is 4.60. The highest BCUT2D eigenvalue weighted by molar-refractivity contribution is 6.30. The molecule has 0 saturated heterocycles. The number of amides is 1. The fourth-order valence-corrected chi connectivity index (χ4v) is 1.86. The molecular formula is C13H11ClN4O3. The number of aromatic nitrogens is 2. The molecule has 2 aromatic rings. The number of furan rings is 1. The Hall–Kier alpha value is -2.59. The molecule has 0 spiro atoms. The molecule has 0 aromatic carbocycles. The average molecular weight is 307 g/mol. The van der Waals surface area contributed by atoms with E-state index < -0.39 is 17.6 Å². The van der Waals surface area contributed by atoms with Gasteiger partial charge in [-0.05, 0) is 12.1 Å². The Balaban J connectivity index is 2.14. The molecule has 0 radical (unpaired) electrons. The van der Waals surface area contributed by atoms with Gasteiger partial charge in [-0.25, -0.2) is 0 Å². The summed E-state index contributed by atoms with van der Waals surface area (Å²) in [5.74, 6) is -2.35. The lowest BCUT2D eigenvalue weighted by molar-refractivity contribution is -0.121. The Morgan fingerprint density at radius 2 is 2.33 bits per heavy atom. The van der Waals surface area contributed by atoms with E-state index in [2.05, 4.69) is 10.4 Å². The predicted octanol–water partition coefficient (Wildman–Crippen LogP) is 1.25. The summed E-state index contributed by atoms with van der Waals surface area (Å²) in [4.78, 5) is 23.5. The summed E-state index contributed by atoms with van der Waals surface area (Å²) in [6.45, 7) is 0.289. The molecule has 1 N–H and O–H groups in total. The van der Waals surface area contributed by atoms with Gasteiger partial charge in [0.2, 0.25) is 11.7 Å². The maximum absolute atomic E-state index is 12.0. The van der Waals surface area contributed by atoms with E-state index >= 15 is 0 Å². The van der Waals surface area contributed by atoms with Crippen molar-refractivity contribution in [2.24, 2.45) is 5.92 Å². The number of carbonyl (C=O) groups is 2. The van der Waals surface area contributed by atoms with Crippen LogP contribution in [0.2, 0.25) is 5.02 Å². The van der Waals surface area contributed by atoms with E-state index in [1.807, 2.05) is 0 Å². The molecule has 0 bridgehead atoms. The largest absolute Gasteiger partial charge is 0.456 e. The van der Waals surface area contributed by atoms with Crippen LogP contribution in [0.15, 0.2) is 28.9 Å². The van der Waals surface area contributed by atoms with Crippen molar-refractivity contribution in [3.63, 3.8) is 0 Å². The number of Topliss-reactive ketones (excluding diaryl/α,β-unsaturated/α-hetero) is 1. The number of carbonyl (C=O) groups excluding carboxylic acids is 2. The predicted molar refractivity (Wildman–Crippen MR) is 72.5 cm³/mol. The van der Waals surface area contributed by atoms with E-state index in [4.69, 9.17) is 21.3 Å². The fraction of sp³-hybridized carbons (Fsp3) is 0.231. The van der Waals surface area contributed by atoms with Gasteiger partial charge in [-0.15, -0.1) is 0 Å². The maximum atomic E-state index is 12.0. The van der Waals surface area contributed by atoms with E-state index in [1.54, 1.807) is 18.3 Å². The van der Waals surface area contributed by atoms with E-state index in [0.29, 0.717) is 10.8 Å². The molecule has 0 aliphatic carbocycles. The van der Waals surface area contributed by atoms with Crippen molar-refractivity contribution in [3.05, 3.63) is 41.1 Å². The zero-order valence-electron chi connectivity index (χ0n) is 11.0. The molecule has 108 valence electrons. The minimum atomic E-state index is -1.42. The van der Waals surface area contributed by atoms with Crippen molar-refractivity contribution in [1.29, 1.82) is 5.26 Å². The van der Waals surface area contributed by atoms with Crippen molar-refractivity contribution in [1.82, 2.24) is 15.1 Å². The molecule has 1 unspecified atom stereocenters. The van der Waals surface area contributed by atoms with Gasteiger partial charge in [-0.3, -0.25) is 14.3 Å². The van der Waals surface area contributed by atoms with Crippen LogP contribution in [0.3, 0.4) is 0 Å². The van der Waals surface area contributed by atoms with E-state index in [-0.39, 0.29) is 12.3 Å². The van der Waals surface area contributed by atoms with Crippen molar-refractivity contribution in [3.8, 4) is 6.07 Å². The monoisotopic (exact) mass is 306 g/mol. The molecule has 1 atom stereocenters. The molecular weight excluding hydrogens is 296 g/mol. The van der Waals surface area contributed by atoms with Crippen LogP contribution < -0.4 is 5.32 Å². The molecule has 1 amide bonds. The van der Waals surface area contributed by atoms with Crippen LogP contribution in [0.25, 0.3) is 0 Å². The van der Waals surface area contributed by atoms with Crippen LogP contribution in [0.1, 0.15) is 16.3 Å². The third kappa shape index (κ3) is 3.30. The van der Waals surface area contributed by atoms with Crippen LogP contribution in [0.4, 0.5) is 0 Å². The standard InChI is InChI=1S/C13H11ClN4O3/c1-16-13(20)10(4-15)12(19)11-3-2-9(21-11)7-18-6-8(14)5-17-18/h2-3,5-6,10H,7H2,1H3,(H,16,20). The lowest BCUT2D eigenvalue weighted by Crippen LogP contribution is -2.31. The Bertz CT molecular complexity index is 713. The Morgan fingerprint density at radius 3 is 2.90 bits per heavy atom. The quantitative estimate of drug-likeness (QED) is 0.661. The summed E-state index contributed by atoms with van der Waals surface area (Å²) in [6.07, 6.45) is 3.09. The van der Waals surface area contributed by atoms with Gasteiger partial charge < -0.3 is 9.73 Å².